The monoisotopic (exact) mass is 228 g/mol. The van der Waals surface area contributed by atoms with Crippen LogP contribution in [-0.2, 0) is 6.61 Å². The van der Waals surface area contributed by atoms with Gasteiger partial charge in [-0.1, -0.05) is 30.3 Å². The Bertz CT molecular complexity index is 451. The molecule has 0 aliphatic carbocycles. The molecule has 0 saturated heterocycles. The molecule has 1 atom stereocenters. The van der Waals surface area contributed by atoms with Crippen molar-refractivity contribution in [1.82, 2.24) is 4.98 Å². The Morgan fingerprint density at radius 1 is 1.18 bits per heavy atom. The molecule has 1 aromatic carbocycles. The van der Waals surface area contributed by atoms with Gasteiger partial charge in [-0.05, 0) is 24.6 Å². The zero-order valence-electron chi connectivity index (χ0n) is 9.84. The largest absolute Gasteiger partial charge is 0.487 e. The summed E-state index contributed by atoms with van der Waals surface area (Å²) in [6.07, 6.45) is 1.71. The van der Waals surface area contributed by atoms with Crippen molar-refractivity contribution >= 4 is 0 Å². The highest BCUT2D eigenvalue weighted by Crippen LogP contribution is 2.14. The fourth-order valence-corrected chi connectivity index (χ4v) is 1.49. The van der Waals surface area contributed by atoms with Gasteiger partial charge >= 0.3 is 0 Å². The summed E-state index contributed by atoms with van der Waals surface area (Å²) in [5, 5.41) is 0. The number of nitrogens with two attached hydrogens (primary N) is 1. The Morgan fingerprint density at radius 3 is 2.53 bits per heavy atom. The number of benzene rings is 1. The highest BCUT2D eigenvalue weighted by atomic mass is 16.5. The van der Waals surface area contributed by atoms with E-state index in [4.69, 9.17) is 10.5 Å². The normalized spacial score (nSPS) is 12.1. The third kappa shape index (κ3) is 3.29. The molecule has 0 aliphatic rings. The zero-order chi connectivity index (χ0) is 12.1. The van der Waals surface area contributed by atoms with Crippen LogP contribution in [0.15, 0.2) is 48.7 Å². The molecular weight excluding hydrogens is 212 g/mol. The van der Waals surface area contributed by atoms with E-state index in [1.54, 1.807) is 6.20 Å². The Labute approximate surface area is 101 Å². The maximum atomic E-state index is 5.73. The van der Waals surface area contributed by atoms with Crippen LogP contribution < -0.4 is 10.5 Å². The summed E-state index contributed by atoms with van der Waals surface area (Å²) in [7, 11) is 0. The lowest BCUT2D eigenvalue weighted by Crippen LogP contribution is -2.07. The second kappa shape index (κ2) is 5.46. The summed E-state index contributed by atoms with van der Waals surface area (Å²) in [5.41, 5.74) is 7.74. The maximum Gasteiger partial charge on any atom is 0.138 e. The fourth-order valence-electron chi connectivity index (χ4n) is 1.49. The first-order valence-electron chi connectivity index (χ1n) is 5.64. The van der Waals surface area contributed by atoms with Gasteiger partial charge in [0.1, 0.15) is 12.4 Å². The third-order valence-corrected chi connectivity index (χ3v) is 2.47. The number of hydrogen-bond acceptors (Lipinski definition) is 3. The van der Waals surface area contributed by atoms with Gasteiger partial charge in [-0.25, -0.2) is 0 Å². The summed E-state index contributed by atoms with van der Waals surface area (Å²) in [6.45, 7) is 2.47. The minimum Gasteiger partial charge on any atom is -0.487 e. The zero-order valence-corrected chi connectivity index (χ0v) is 9.84. The van der Waals surface area contributed by atoms with Crippen molar-refractivity contribution in [3.05, 3.63) is 59.9 Å². The van der Waals surface area contributed by atoms with Gasteiger partial charge < -0.3 is 10.5 Å². The van der Waals surface area contributed by atoms with Crippen LogP contribution in [-0.4, -0.2) is 4.98 Å². The van der Waals surface area contributed by atoms with Gasteiger partial charge in [-0.3, -0.25) is 4.98 Å². The van der Waals surface area contributed by atoms with Crippen LogP contribution in [0.2, 0.25) is 0 Å². The van der Waals surface area contributed by atoms with E-state index in [2.05, 4.69) is 4.98 Å². The predicted molar refractivity (Wildman–Crippen MR) is 67.6 cm³/mol. The van der Waals surface area contributed by atoms with Crippen molar-refractivity contribution in [1.29, 1.82) is 0 Å². The molecule has 0 unspecified atom stereocenters. The molecule has 0 aliphatic heterocycles. The van der Waals surface area contributed by atoms with E-state index in [9.17, 15) is 0 Å². The second-order valence-electron chi connectivity index (χ2n) is 3.98. The molecular formula is C14H16N2O. The highest BCUT2D eigenvalue weighted by molar-refractivity contribution is 5.22. The standard InChI is InChI=1S/C14H16N2O/c1-11(15)14-8-7-13(9-16-14)17-10-12-5-3-2-4-6-12/h2-9,11H,10,15H2,1H3/t11-/m0/s1. The molecule has 2 N–H and O–H groups in total. The van der Waals surface area contributed by atoms with Gasteiger partial charge in [0.25, 0.3) is 0 Å². The van der Waals surface area contributed by atoms with Crippen molar-refractivity contribution in [2.24, 2.45) is 5.73 Å². The Hall–Kier alpha value is -1.87. The molecule has 17 heavy (non-hydrogen) atoms. The molecule has 0 bridgehead atoms. The van der Waals surface area contributed by atoms with Crippen molar-refractivity contribution in [3.63, 3.8) is 0 Å². The van der Waals surface area contributed by atoms with E-state index < -0.39 is 0 Å². The predicted octanol–water partition coefficient (Wildman–Crippen LogP) is 2.68. The number of pyridine rings is 1. The molecule has 2 aromatic rings. The number of rotatable bonds is 4. The summed E-state index contributed by atoms with van der Waals surface area (Å²) >= 11 is 0. The molecule has 1 aromatic heterocycles. The van der Waals surface area contributed by atoms with Crippen LogP contribution in [0, 0.1) is 0 Å². The van der Waals surface area contributed by atoms with Gasteiger partial charge in [0.2, 0.25) is 0 Å². The molecule has 0 saturated carbocycles. The van der Waals surface area contributed by atoms with Crippen molar-refractivity contribution in [3.8, 4) is 5.75 Å². The molecule has 2 rings (SSSR count). The lowest BCUT2D eigenvalue weighted by atomic mass is 10.2. The molecule has 0 amide bonds. The van der Waals surface area contributed by atoms with Crippen LogP contribution in [0.1, 0.15) is 24.2 Å². The third-order valence-electron chi connectivity index (χ3n) is 2.47. The molecule has 0 spiro atoms. The molecule has 3 nitrogen and oxygen atoms in total. The number of nitrogens with zero attached hydrogens (tertiary/aromatic N) is 1. The Morgan fingerprint density at radius 2 is 1.94 bits per heavy atom. The van der Waals surface area contributed by atoms with Crippen LogP contribution in [0.3, 0.4) is 0 Å². The maximum absolute atomic E-state index is 5.73. The van der Waals surface area contributed by atoms with Crippen LogP contribution in [0.25, 0.3) is 0 Å². The van der Waals surface area contributed by atoms with Crippen molar-refractivity contribution in [2.45, 2.75) is 19.6 Å². The average Bonchev–Trinajstić information content (AvgIpc) is 2.38. The molecule has 3 heteroatoms. The smallest absolute Gasteiger partial charge is 0.138 e. The van der Waals surface area contributed by atoms with E-state index >= 15 is 0 Å². The first-order valence-corrected chi connectivity index (χ1v) is 5.64. The number of ether oxygens (including phenoxy) is 1. The SMILES string of the molecule is C[C@H](N)c1ccc(OCc2ccccc2)cn1. The number of hydrogen-bond donors (Lipinski definition) is 1. The van der Waals surface area contributed by atoms with Gasteiger partial charge in [-0.15, -0.1) is 0 Å². The van der Waals surface area contributed by atoms with Gasteiger partial charge in [0, 0.05) is 6.04 Å². The van der Waals surface area contributed by atoms with E-state index in [1.165, 1.54) is 0 Å². The lowest BCUT2D eigenvalue weighted by Gasteiger charge is -2.08. The summed E-state index contributed by atoms with van der Waals surface area (Å²) in [4.78, 5) is 4.24. The number of aromatic nitrogens is 1. The van der Waals surface area contributed by atoms with Crippen molar-refractivity contribution in [2.75, 3.05) is 0 Å². The van der Waals surface area contributed by atoms with Crippen LogP contribution in [0.5, 0.6) is 5.75 Å². The Kier molecular flexibility index (Phi) is 3.73. The summed E-state index contributed by atoms with van der Waals surface area (Å²) < 4.78 is 5.62. The van der Waals surface area contributed by atoms with E-state index in [0.29, 0.717) is 6.61 Å². The van der Waals surface area contributed by atoms with Crippen LogP contribution >= 0.6 is 0 Å². The molecule has 0 fully saturated rings. The minimum absolute atomic E-state index is 0.0434. The van der Waals surface area contributed by atoms with E-state index in [-0.39, 0.29) is 6.04 Å². The minimum atomic E-state index is -0.0434. The summed E-state index contributed by atoms with van der Waals surface area (Å²) in [6, 6.07) is 13.8. The fraction of sp³-hybridized carbons (Fsp3) is 0.214. The topological polar surface area (TPSA) is 48.1 Å². The summed E-state index contributed by atoms with van der Waals surface area (Å²) in [5.74, 6) is 0.762. The van der Waals surface area contributed by atoms with E-state index in [1.807, 2.05) is 49.4 Å². The van der Waals surface area contributed by atoms with Gasteiger partial charge in [-0.2, -0.15) is 0 Å². The second-order valence-corrected chi connectivity index (χ2v) is 3.98. The van der Waals surface area contributed by atoms with E-state index in [0.717, 1.165) is 17.0 Å². The molecule has 1 heterocycles. The van der Waals surface area contributed by atoms with Crippen LogP contribution in [0.4, 0.5) is 0 Å². The highest BCUT2D eigenvalue weighted by Gasteiger charge is 2.01. The van der Waals surface area contributed by atoms with Gasteiger partial charge in [0.05, 0.1) is 11.9 Å². The Balaban J connectivity index is 1.96. The quantitative estimate of drug-likeness (QED) is 0.875. The average molecular weight is 228 g/mol. The van der Waals surface area contributed by atoms with Gasteiger partial charge in [0.15, 0.2) is 0 Å². The first-order chi connectivity index (χ1) is 8.25. The van der Waals surface area contributed by atoms with Crippen molar-refractivity contribution < 1.29 is 4.74 Å². The lowest BCUT2D eigenvalue weighted by molar-refractivity contribution is 0.304. The first kappa shape index (κ1) is 11.6. The molecule has 88 valence electrons. The molecule has 0 radical (unpaired) electrons.